The van der Waals surface area contributed by atoms with E-state index in [-0.39, 0.29) is 5.82 Å². The van der Waals surface area contributed by atoms with E-state index in [1.165, 1.54) is 6.07 Å². The Hall–Kier alpha value is -2.12. The molecule has 0 aliphatic rings. The van der Waals surface area contributed by atoms with Crippen molar-refractivity contribution in [2.45, 2.75) is 33.0 Å². The SMILES string of the molecule is CC(C)NCc1cccn1Cc1ccc(C#N)cc1F. The molecule has 104 valence electrons. The van der Waals surface area contributed by atoms with Crippen LogP contribution < -0.4 is 5.32 Å². The van der Waals surface area contributed by atoms with Gasteiger partial charge in [0.2, 0.25) is 0 Å². The zero-order valence-electron chi connectivity index (χ0n) is 11.7. The molecule has 1 heterocycles. The van der Waals surface area contributed by atoms with Crippen molar-refractivity contribution in [2.75, 3.05) is 0 Å². The molecule has 0 radical (unpaired) electrons. The maximum Gasteiger partial charge on any atom is 0.129 e. The summed E-state index contributed by atoms with van der Waals surface area (Å²) in [5, 5.41) is 12.1. The maximum absolute atomic E-state index is 13.9. The lowest BCUT2D eigenvalue weighted by molar-refractivity contribution is 0.556. The van der Waals surface area contributed by atoms with Crippen molar-refractivity contribution in [1.29, 1.82) is 5.26 Å². The van der Waals surface area contributed by atoms with Gasteiger partial charge in [0.1, 0.15) is 5.82 Å². The fourth-order valence-corrected chi connectivity index (χ4v) is 2.00. The predicted molar refractivity (Wildman–Crippen MR) is 76.6 cm³/mol. The van der Waals surface area contributed by atoms with Gasteiger partial charge in [0.05, 0.1) is 18.2 Å². The lowest BCUT2D eigenvalue weighted by atomic mass is 10.1. The molecule has 0 saturated carbocycles. The molecule has 1 N–H and O–H groups in total. The van der Waals surface area contributed by atoms with Gasteiger partial charge in [0.15, 0.2) is 0 Å². The van der Waals surface area contributed by atoms with Crippen LogP contribution in [0.4, 0.5) is 4.39 Å². The minimum atomic E-state index is -0.333. The van der Waals surface area contributed by atoms with Gasteiger partial charge in [-0.2, -0.15) is 5.26 Å². The zero-order valence-corrected chi connectivity index (χ0v) is 11.7. The third kappa shape index (κ3) is 3.46. The van der Waals surface area contributed by atoms with Gasteiger partial charge >= 0.3 is 0 Å². The van der Waals surface area contributed by atoms with E-state index in [0.29, 0.717) is 23.7 Å². The molecule has 4 heteroatoms. The number of nitrogens with zero attached hydrogens (tertiary/aromatic N) is 2. The lowest BCUT2D eigenvalue weighted by Crippen LogP contribution is -2.23. The second kappa shape index (κ2) is 6.36. The molecule has 2 rings (SSSR count). The molecule has 0 aliphatic heterocycles. The van der Waals surface area contributed by atoms with Crippen LogP contribution in [0.2, 0.25) is 0 Å². The molecule has 1 aromatic carbocycles. The summed E-state index contributed by atoms with van der Waals surface area (Å²) in [5.74, 6) is -0.333. The highest BCUT2D eigenvalue weighted by atomic mass is 19.1. The molecule has 0 amide bonds. The van der Waals surface area contributed by atoms with E-state index in [0.717, 1.165) is 12.2 Å². The van der Waals surface area contributed by atoms with Gasteiger partial charge in [-0.25, -0.2) is 4.39 Å². The van der Waals surface area contributed by atoms with Crippen molar-refractivity contribution in [2.24, 2.45) is 0 Å². The van der Waals surface area contributed by atoms with E-state index in [4.69, 9.17) is 5.26 Å². The van der Waals surface area contributed by atoms with E-state index in [9.17, 15) is 4.39 Å². The first-order valence-corrected chi connectivity index (χ1v) is 6.66. The van der Waals surface area contributed by atoms with E-state index < -0.39 is 0 Å². The number of aromatic nitrogens is 1. The quantitative estimate of drug-likeness (QED) is 0.908. The lowest BCUT2D eigenvalue weighted by Gasteiger charge is -2.12. The third-order valence-corrected chi connectivity index (χ3v) is 3.14. The Labute approximate surface area is 118 Å². The smallest absolute Gasteiger partial charge is 0.129 e. The van der Waals surface area contributed by atoms with Crippen LogP contribution in [0.5, 0.6) is 0 Å². The maximum atomic E-state index is 13.9. The number of halogens is 1. The van der Waals surface area contributed by atoms with Crippen LogP contribution in [0.15, 0.2) is 36.5 Å². The highest BCUT2D eigenvalue weighted by Crippen LogP contribution is 2.13. The van der Waals surface area contributed by atoms with Crippen molar-refractivity contribution < 1.29 is 4.39 Å². The topological polar surface area (TPSA) is 40.8 Å². The fraction of sp³-hybridized carbons (Fsp3) is 0.312. The molecule has 0 spiro atoms. The largest absolute Gasteiger partial charge is 0.346 e. The Bertz CT molecular complexity index is 623. The van der Waals surface area contributed by atoms with E-state index >= 15 is 0 Å². The molecule has 20 heavy (non-hydrogen) atoms. The van der Waals surface area contributed by atoms with E-state index in [1.807, 2.05) is 29.0 Å². The molecule has 0 bridgehead atoms. The van der Waals surface area contributed by atoms with Gasteiger partial charge in [-0.1, -0.05) is 19.9 Å². The van der Waals surface area contributed by atoms with Gasteiger partial charge in [0.25, 0.3) is 0 Å². The first kappa shape index (κ1) is 14.3. The van der Waals surface area contributed by atoms with E-state index in [2.05, 4.69) is 19.2 Å². The van der Waals surface area contributed by atoms with Gasteiger partial charge in [-0.3, -0.25) is 0 Å². The molecule has 3 nitrogen and oxygen atoms in total. The molecule has 1 aromatic heterocycles. The second-order valence-electron chi connectivity index (χ2n) is 5.08. The summed E-state index contributed by atoms with van der Waals surface area (Å²) in [6.45, 7) is 5.41. The first-order chi connectivity index (χ1) is 9.60. The van der Waals surface area contributed by atoms with Crippen LogP contribution in [0, 0.1) is 17.1 Å². The van der Waals surface area contributed by atoms with Crippen LogP contribution in [-0.2, 0) is 13.1 Å². The van der Waals surface area contributed by atoms with Crippen molar-refractivity contribution in [1.82, 2.24) is 9.88 Å². The van der Waals surface area contributed by atoms with Gasteiger partial charge in [0, 0.05) is 30.0 Å². The standard InChI is InChI=1S/C16H18FN3/c1-12(2)19-10-15-4-3-7-20(15)11-14-6-5-13(9-18)8-16(14)17/h3-8,12,19H,10-11H2,1-2H3. The predicted octanol–water partition coefficient (Wildman–Crippen LogP) is 3.05. The van der Waals surface area contributed by atoms with Gasteiger partial charge < -0.3 is 9.88 Å². The van der Waals surface area contributed by atoms with Crippen LogP contribution in [0.3, 0.4) is 0 Å². The third-order valence-electron chi connectivity index (χ3n) is 3.14. The molecule has 0 saturated heterocycles. The summed E-state index contributed by atoms with van der Waals surface area (Å²) >= 11 is 0. The Morgan fingerprint density at radius 2 is 2.15 bits per heavy atom. The fourth-order valence-electron chi connectivity index (χ4n) is 2.00. The number of nitriles is 1. The molecular formula is C16H18FN3. The normalized spacial score (nSPS) is 10.8. The molecule has 0 atom stereocenters. The number of benzene rings is 1. The Balaban J connectivity index is 2.14. The van der Waals surface area contributed by atoms with E-state index in [1.54, 1.807) is 12.1 Å². The molecule has 0 aliphatic carbocycles. The number of hydrogen-bond donors (Lipinski definition) is 1. The van der Waals surface area contributed by atoms with Crippen LogP contribution in [0.25, 0.3) is 0 Å². The van der Waals surface area contributed by atoms with Crippen molar-refractivity contribution in [3.63, 3.8) is 0 Å². The Morgan fingerprint density at radius 3 is 2.80 bits per heavy atom. The van der Waals surface area contributed by atoms with Crippen LogP contribution in [-0.4, -0.2) is 10.6 Å². The number of rotatable bonds is 5. The molecule has 2 aromatic rings. The van der Waals surface area contributed by atoms with Crippen molar-refractivity contribution in [3.05, 3.63) is 59.2 Å². The summed E-state index contributed by atoms with van der Waals surface area (Å²) in [6.07, 6.45) is 1.94. The highest BCUT2D eigenvalue weighted by molar-refractivity contribution is 5.33. The van der Waals surface area contributed by atoms with Crippen LogP contribution in [0.1, 0.15) is 30.7 Å². The van der Waals surface area contributed by atoms with Crippen LogP contribution >= 0.6 is 0 Å². The summed E-state index contributed by atoms with van der Waals surface area (Å²) in [7, 11) is 0. The van der Waals surface area contributed by atoms with Crippen molar-refractivity contribution >= 4 is 0 Å². The van der Waals surface area contributed by atoms with Crippen molar-refractivity contribution in [3.8, 4) is 6.07 Å². The minimum absolute atomic E-state index is 0.333. The molecule has 0 fully saturated rings. The summed E-state index contributed by atoms with van der Waals surface area (Å²) in [6, 6.07) is 10.9. The molecule has 0 unspecified atom stereocenters. The first-order valence-electron chi connectivity index (χ1n) is 6.66. The van der Waals surface area contributed by atoms with Gasteiger partial charge in [-0.15, -0.1) is 0 Å². The molecular weight excluding hydrogens is 253 g/mol. The summed E-state index contributed by atoms with van der Waals surface area (Å²) < 4.78 is 15.9. The monoisotopic (exact) mass is 271 g/mol. The average Bonchev–Trinajstić information content (AvgIpc) is 2.86. The highest BCUT2D eigenvalue weighted by Gasteiger charge is 2.07. The average molecular weight is 271 g/mol. The number of nitrogens with one attached hydrogen (secondary N) is 1. The summed E-state index contributed by atoms with van der Waals surface area (Å²) in [4.78, 5) is 0. The summed E-state index contributed by atoms with van der Waals surface area (Å²) in [5.41, 5.74) is 2.05. The Kier molecular flexibility index (Phi) is 4.54. The minimum Gasteiger partial charge on any atom is -0.346 e. The van der Waals surface area contributed by atoms with Gasteiger partial charge in [-0.05, 0) is 24.3 Å². The second-order valence-corrected chi connectivity index (χ2v) is 5.08. The number of hydrogen-bond acceptors (Lipinski definition) is 2. The zero-order chi connectivity index (χ0) is 14.5. The Morgan fingerprint density at radius 1 is 1.35 bits per heavy atom.